The highest BCUT2D eigenvalue weighted by molar-refractivity contribution is 5.91. The first-order valence-electron chi connectivity index (χ1n) is 7.86. The van der Waals surface area contributed by atoms with Crippen LogP contribution in [0.4, 0.5) is 11.4 Å². The van der Waals surface area contributed by atoms with E-state index in [-0.39, 0.29) is 24.4 Å². The number of carbonyl (C=O) groups is 1. The third kappa shape index (κ3) is 5.78. The predicted octanol–water partition coefficient (Wildman–Crippen LogP) is 4.36. The topological polar surface area (TPSA) is 64.4 Å². The van der Waals surface area contributed by atoms with Crippen molar-refractivity contribution in [1.29, 1.82) is 0 Å². The quantitative estimate of drug-likeness (QED) is 0.762. The smallest absolute Gasteiger partial charge is 0.224 e. The van der Waals surface area contributed by atoms with Crippen molar-refractivity contribution in [1.82, 2.24) is 0 Å². The van der Waals surface area contributed by atoms with Crippen molar-refractivity contribution in [3.05, 3.63) is 53.6 Å². The first-order chi connectivity index (χ1) is 11.0. The zero-order valence-electron chi connectivity index (χ0n) is 14.3. The number of para-hydroxylation sites is 1. The molecule has 2 aromatic rings. The summed E-state index contributed by atoms with van der Waals surface area (Å²) < 4.78 is 5.70. The molecule has 0 bridgehead atoms. The zero-order valence-corrected chi connectivity index (χ0v) is 15.2. The highest BCUT2D eigenvalue weighted by Gasteiger charge is 2.07. The lowest BCUT2D eigenvalue weighted by Crippen LogP contribution is -2.13. The Morgan fingerprint density at radius 2 is 1.92 bits per heavy atom. The molecule has 24 heavy (non-hydrogen) atoms. The summed E-state index contributed by atoms with van der Waals surface area (Å²) in [5.41, 5.74) is 9.40. The van der Waals surface area contributed by atoms with Gasteiger partial charge in [-0.3, -0.25) is 4.79 Å². The minimum absolute atomic E-state index is 0. The Kier molecular flexibility index (Phi) is 7.59. The molecule has 130 valence electrons. The molecule has 5 heteroatoms. The third-order valence-electron chi connectivity index (χ3n) is 3.50. The molecule has 3 N–H and O–H groups in total. The molecule has 0 unspecified atom stereocenters. The number of aryl methyl sites for hydroxylation is 2. The van der Waals surface area contributed by atoms with Gasteiger partial charge in [-0.15, -0.1) is 12.4 Å². The van der Waals surface area contributed by atoms with Crippen LogP contribution in [-0.2, 0) is 11.2 Å². The Labute approximate surface area is 149 Å². The van der Waals surface area contributed by atoms with Gasteiger partial charge in [0.1, 0.15) is 5.75 Å². The molecule has 2 aromatic carbocycles. The fraction of sp³-hybridized carbons (Fsp3) is 0.316. The maximum absolute atomic E-state index is 12.1. The first kappa shape index (κ1) is 19.8. The van der Waals surface area contributed by atoms with Gasteiger partial charge in [-0.1, -0.05) is 18.2 Å². The van der Waals surface area contributed by atoms with Gasteiger partial charge in [-0.25, -0.2) is 0 Å². The van der Waals surface area contributed by atoms with Crippen molar-refractivity contribution >= 4 is 29.7 Å². The molecule has 0 aliphatic heterocycles. The molecule has 0 atom stereocenters. The van der Waals surface area contributed by atoms with Gasteiger partial charge in [-0.2, -0.15) is 0 Å². The molecule has 0 fully saturated rings. The summed E-state index contributed by atoms with van der Waals surface area (Å²) in [6, 6.07) is 13.3. The van der Waals surface area contributed by atoms with E-state index in [1.165, 1.54) is 0 Å². The second-order valence-corrected chi connectivity index (χ2v) is 5.89. The Morgan fingerprint density at radius 3 is 2.54 bits per heavy atom. The molecule has 1 amide bonds. The van der Waals surface area contributed by atoms with E-state index in [2.05, 4.69) is 5.32 Å². The Balaban J connectivity index is 0.00000288. The van der Waals surface area contributed by atoms with Crippen LogP contribution in [0.5, 0.6) is 5.75 Å². The average molecular weight is 349 g/mol. The van der Waals surface area contributed by atoms with Crippen LogP contribution in [0.25, 0.3) is 0 Å². The van der Waals surface area contributed by atoms with E-state index in [1.54, 1.807) is 0 Å². The highest BCUT2D eigenvalue weighted by Crippen LogP contribution is 2.23. The number of ether oxygens (including phenoxy) is 1. The van der Waals surface area contributed by atoms with Crippen molar-refractivity contribution in [2.45, 2.75) is 39.7 Å². The van der Waals surface area contributed by atoms with Gasteiger partial charge in [0, 0.05) is 17.8 Å². The second-order valence-electron chi connectivity index (χ2n) is 5.89. The molecule has 0 radical (unpaired) electrons. The summed E-state index contributed by atoms with van der Waals surface area (Å²) in [6.45, 7) is 5.95. The number of nitrogens with one attached hydrogen (secondary N) is 1. The Hall–Kier alpha value is -2.20. The molecular formula is C19H25ClN2O2. The van der Waals surface area contributed by atoms with Gasteiger partial charge in [0.05, 0.1) is 6.10 Å². The number of benzene rings is 2. The third-order valence-corrected chi connectivity index (χ3v) is 3.50. The van der Waals surface area contributed by atoms with Gasteiger partial charge in [0.25, 0.3) is 0 Å². The van der Waals surface area contributed by atoms with Gasteiger partial charge in [0.2, 0.25) is 5.91 Å². The largest absolute Gasteiger partial charge is 0.491 e. The van der Waals surface area contributed by atoms with Crippen LogP contribution in [-0.4, -0.2) is 12.0 Å². The van der Waals surface area contributed by atoms with Crippen LogP contribution in [0.15, 0.2) is 42.5 Å². The van der Waals surface area contributed by atoms with E-state index in [0.29, 0.717) is 12.8 Å². The highest BCUT2D eigenvalue weighted by atomic mass is 35.5. The lowest BCUT2D eigenvalue weighted by Gasteiger charge is -2.14. The summed E-state index contributed by atoms with van der Waals surface area (Å²) in [7, 11) is 0. The van der Waals surface area contributed by atoms with Crippen LogP contribution < -0.4 is 15.8 Å². The van der Waals surface area contributed by atoms with E-state index in [4.69, 9.17) is 10.5 Å². The number of rotatable bonds is 6. The van der Waals surface area contributed by atoms with E-state index in [1.807, 2.05) is 63.2 Å². The molecule has 0 saturated heterocycles. The molecule has 0 spiro atoms. The van der Waals surface area contributed by atoms with Crippen molar-refractivity contribution < 1.29 is 9.53 Å². The monoisotopic (exact) mass is 348 g/mol. The van der Waals surface area contributed by atoms with Crippen molar-refractivity contribution in [3.8, 4) is 5.75 Å². The van der Waals surface area contributed by atoms with Gasteiger partial charge in [-0.05, 0) is 62.6 Å². The minimum atomic E-state index is -0.0230. The number of hydrogen-bond acceptors (Lipinski definition) is 3. The normalized spacial score (nSPS) is 10.2. The number of nitrogen functional groups attached to an aromatic ring is 1. The molecular weight excluding hydrogens is 324 g/mol. The number of amides is 1. The SMILES string of the molecule is Cc1cc(NC(=O)CCc2ccccc2N)ccc1OC(C)C.Cl. The van der Waals surface area contributed by atoms with E-state index < -0.39 is 0 Å². The summed E-state index contributed by atoms with van der Waals surface area (Å²) in [5, 5.41) is 2.92. The zero-order chi connectivity index (χ0) is 16.8. The van der Waals surface area contributed by atoms with Gasteiger partial charge in [0.15, 0.2) is 0 Å². The average Bonchev–Trinajstić information content (AvgIpc) is 2.49. The fourth-order valence-electron chi connectivity index (χ4n) is 2.35. The first-order valence-corrected chi connectivity index (χ1v) is 7.86. The summed E-state index contributed by atoms with van der Waals surface area (Å²) >= 11 is 0. The predicted molar refractivity (Wildman–Crippen MR) is 102 cm³/mol. The number of halogens is 1. The van der Waals surface area contributed by atoms with E-state index in [0.717, 1.165) is 28.3 Å². The van der Waals surface area contributed by atoms with Crippen LogP contribution >= 0.6 is 12.4 Å². The second kappa shape index (κ2) is 9.18. The number of hydrogen-bond donors (Lipinski definition) is 2. The lowest BCUT2D eigenvalue weighted by atomic mass is 10.1. The lowest BCUT2D eigenvalue weighted by molar-refractivity contribution is -0.116. The van der Waals surface area contributed by atoms with Crippen LogP contribution in [0.2, 0.25) is 0 Å². The molecule has 0 aliphatic rings. The fourth-order valence-corrected chi connectivity index (χ4v) is 2.35. The standard InChI is InChI=1S/C19H24N2O2.ClH/c1-13(2)23-18-10-9-16(12-14(18)3)21-19(22)11-8-15-6-4-5-7-17(15)20;/h4-7,9-10,12-13H,8,11,20H2,1-3H3,(H,21,22);1H. The summed E-state index contributed by atoms with van der Waals surface area (Å²) in [5.74, 6) is 0.820. The molecule has 0 heterocycles. The van der Waals surface area contributed by atoms with E-state index >= 15 is 0 Å². The maximum atomic E-state index is 12.1. The maximum Gasteiger partial charge on any atom is 0.224 e. The Morgan fingerprint density at radius 1 is 1.21 bits per heavy atom. The van der Waals surface area contributed by atoms with Crippen LogP contribution in [0.3, 0.4) is 0 Å². The molecule has 0 saturated carbocycles. The number of carbonyl (C=O) groups excluding carboxylic acids is 1. The number of anilines is 2. The summed E-state index contributed by atoms with van der Waals surface area (Å²) in [4.78, 5) is 12.1. The van der Waals surface area contributed by atoms with Crippen LogP contribution in [0, 0.1) is 6.92 Å². The van der Waals surface area contributed by atoms with Crippen molar-refractivity contribution in [2.75, 3.05) is 11.1 Å². The van der Waals surface area contributed by atoms with Crippen molar-refractivity contribution in [3.63, 3.8) is 0 Å². The van der Waals surface area contributed by atoms with Gasteiger partial charge < -0.3 is 15.8 Å². The Bertz CT molecular complexity index is 687. The molecule has 2 rings (SSSR count). The van der Waals surface area contributed by atoms with Gasteiger partial charge >= 0.3 is 0 Å². The molecule has 0 aliphatic carbocycles. The number of nitrogens with two attached hydrogens (primary N) is 1. The molecule has 4 nitrogen and oxygen atoms in total. The van der Waals surface area contributed by atoms with Crippen LogP contribution in [0.1, 0.15) is 31.4 Å². The van der Waals surface area contributed by atoms with E-state index in [9.17, 15) is 4.79 Å². The summed E-state index contributed by atoms with van der Waals surface area (Å²) in [6.07, 6.45) is 1.16. The minimum Gasteiger partial charge on any atom is -0.491 e. The molecule has 0 aromatic heterocycles. The van der Waals surface area contributed by atoms with Crippen molar-refractivity contribution in [2.24, 2.45) is 0 Å².